The van der Waals surface area contributed by atoms with Crippen LogP contribution in [0.3, 0.4) is 0 Å². The Bertz CT molecular complexity index is 1150. The van der Waals surface area contributed by atoms with Crippen LogP contribution in [0.4, 0.5) is 10.1 Å². The van der Waals surface area contributed by atoms with Gasteiger partial charge in [0.2, 0.25) is 5.91 Å². The minimum Gasteiger partial charge on any atom is -0.332 e. The second kappa shape index (κ2) is 9.90. The molecule has 33 heavy (non-hydrogen) atoms. The summed E-state index contributed by atoms with van der Waals surface area (Å²) in [6, 6.07) is 13.4. The van der Waals surface area contributed by atoms with E-state index < -0.39 is 0 Å². The zero-order chi connectivity index (χ0) is 23.4. The van der Waals surface area contributed by atoms with Crippen molar-refractivity contribution in [2.45, 2.75) is 45.6 Å². The van der Waals surface area contributed by atoms with E-state index in [9.17, 15) is 14.0 Å². The number of amides is 2. The van der Waals surface area contributed by atoms with Crippen molar-refractivity contribution in [2.24, 2.45) is 0 Å². The summed E-state index contributed by atoms with van der Waals surface area (Å²) < 4.78 is 13.1. The molecule has 2 heterocycles. The highest BCUT2D eigenvalue weighted by atomic mass is 19.1. The average Bonchev–Trinajstić information content (AvgIpc) is 2.82. The fourth-order valence-corrected chi connectivity index (χ4v) is 4.08. The molecular weight excluding hydrogens is 419 g/mol. The van der Waals surface area contributed by atoms with Crippen LogP contribution in [0.5, 0.6) is 0 Å². The molecule has 1 saturated heterocycles. The Hall–Kier alpha value is -3.61. The molecule has 1 aliphatic heterocycles. The van der Waals surface area contributed by atoms with Crippen LogP contribution in [-0.4, -0.2) is 33.2 Å². The Labute approximate surface area is 192 Å². The van der Waals surface area contributed by atoms with Gasteiger partial charge in [0.25, 0.3) is 5.91 Å². The van der Waals surface area contributed by atoms with E-state index in [1.54, 1.807) is 6.92 Å². The largest absolute Gasteiger partial charge is 0.332 e. The molecule has 1 unspecified atom stereocenters. The molecule has 4 rings (SSSR count). The Morgan fingerprint density at radius 1 is 1.06 bits per heavy atom. The summed E-state index contributed by atoms with van der Waals surface area (Å²) in [6.45, 7) is 4.45. The number of nitrogens with one attached hydrogen (secondary N) is 1. The molecule has 170 valence electrons. The monoisotopic (exact) mass is 446 g/mol. The van der Waals surface area contributed by atoms with Gasteiger partial charge in [-0.05, 0) is 62.9 Å². The summed E-state index contributed by atoms with van der Waals surface area (Å²) in [5.74, 6) is -0.113. The normalized spacial score (nSPS) is 15.8. The number of carbonyl (C=O) groups is 2. The molecule has 0 radical (unpaired) electrons. The number of aromatic nitrogens is 2. The minimum absolute atomic E-state index is 0.0583. The fraction of sp³-hybridized carbons (Fsp3) is 0.308. The zero-order valence-electron chi connectivity index (χ0n) is 18.8. The molecule has 1 aromatic heterocycles. The van der Waals surface area contributed by atoms with Gasteiger partial charge in [-0.15, -0.1) is 0 Å². The van der Waals surface area contributed by atoms with Crippen molar-refractivity contribution in [1.29, 1.82) is 0 Å². The summed E-state index contributed by atoms with van der Waals surface area (Å²) in [4.78, 5) is 36.7. The lowest BCUT2D eigenvalue weighted by molar-refractivity contribution is -0.134. The standard InChI is InChI=1S/C26H27FN4O2/c1-17-6-8-19(9-7-17)15-24(32)31-14-4-3-5-23(31)25-28-16-22(18(2)29-25)26(33)30-21-12-10-20(27)11-13-21/h6-13,16,23H,3-5,14-15H2,1-2H3,(H,30,33). The topological polar surface area (TPSA) is 75.2 Å². The molecule has 0 aliphatic carbocycles. The molecular formula is C26H27FN4O2. The molecule has 0 saturated carbocycles. The fourth-order valence-electron chi connectivity index (χ4n) is 4.08. The van der Waals surface area contributed by atoms with E-state index in [0.717, 1.165) is 30.4 Å². The highest BCUT2D eigenvalue weighted by molar-refractivity contribution is 6.04. The minimum atomic E-state index is -0.370. The van der Waals surface area contributed by atoms with Crippen LogP contribution in [0.1, 0.15) is 58.3 Å². The van der Waals surface area contributed by atoms with Gasteiger partial charge in [-0.2, -0.15) is 0 Å². The number of benzene rings is 2. The van der Waals surface area contributed by atoms with Gasteiger partial charge in [-0.3, -0.25) is 9.59 Å². The maximum absolute atomic E-state index is 13.1. The van der Waals surface area contributed by atoms with Crippen LogP contribution in [0.2, 0.25) is 0 Å². The van der Waals surface area contributed by atoms with Gasteiger partial charge in [0.15, 0.2) is 5.82 Å². The molecule has 3 aromatic rings. The van der Waals surface area contributed by atoms with E-state index in [4.69, 9.17) is 0 Å². The van der Waals surface area contributed by atoms with Gasteiger partial charge in [-0.25, -0.2) is 14.4 Å². The van der Waals surface area contributed by atoms with Gasteiger partial charge in [0, 0.05) is 18.4 Å². The lowest BCUT2D eigenvalue weighted by atomic mass is 9.99. The van der Waals surface area contributed by atoms with Crippen LogP contribution in [0.25, 0.3) is 0 Å². The molecule has 2 aromatic carbocycles. The molecule has 1 aliphatic rings. The smallest absolute Gasteiger partial charge is 0.259 e. The number of aryl methyl sites for hydroxylation is 2. The van der Waals surface area contributed by atoms with Crippen molar-refractivity contribution in [1.82, 2.24) is 14.9 Å². The Morgan fingerprint density at radius 2 is 1.79 bits per heavy atom. The first-order valence-electron chi connectivity index (χ1n) is 11.2. The first-order valence-corrected chi connectivity index (χ1v) is 11.2. The van der Waals surface area contributed by atoms with Crippen molar-refractivity contribution in [2.75, 3.05) is 11.9 Å². The quantitative estimate of drug-likeness (QED) is 0.612. The number of carbonyl (C=O) groups excluding carboxylic acids is 2. The van der Waals surface area contributed by atoms with E-state index in [1.165, 1.54) is 30.5 Å². The molecule has 2 amide bonds. The SMILES string of the molecule is Cc1ccc(CC(=O)N2CCCCC2c2ncc(C(=O)Nc3ccc(F)cc3)c(C)n2)cc1. The second-order valence-corrected chi connectivity index (χ2v) is 8.45. The molecule has 7 heteroatoms. The van der Waals surface area contributed by atoms with Crippen LogP contribution < -0.4 is 5.32 Å². The van der Waals surface area contributed by atoms with E-state index in [1.807, 2.05) is 36.1 Å². The van der Waals surface area contributed by atoms with E-state index in [-0.39, 0.29) is 23.7 Å². The number of halogens is 1. The van der Waals surface area contributed by atoms with Crippen molar-refractivity contribution < 1.29 is 14.0 Å². The molecule has 1 fully saturated rings. The maximum Gasteiger partial charge on any atom is 0.259 e. The summed E-state index contributed by atoms with van der Waals surface area (Å²) >= 11 is 0. The van der Waals surface area contributed by atoms with Gasteiger partial charge in [0.05, 0.1) is 23.7 Å². The predicted octanol–water partition coefficient (Wildman–Crippen LogP) is 4.78. The lowest BCUT2D eigenvalue weighted by Crippen LogP contribution is -2.40. The first kappa shape index (κ1) is 22.6. The van der Waals surface area contributed by atoms with E-state index >= 15 is 0 Å². The van der Waals surface area contributed by atoms with Crippen molar-refractivity contribution in [3.05, 3.63) is 88.8 Å². The highest BCUT2D eigenvalue weighted by Gasteiger charge is 2.30. The van der Waals surface area contributed by atoms with Crippen molar-refractivity contribution >= 4 is 17.5 Å². The van der Waals surface area contributed by atoms with Crippen LogP contribution in [0, 0.1) is 19.7 Å². The third-order valence-electron chi connectivity index (χ3n) is 5.94. The number of likely N-dealkylation sites (tertiary alicyclic amines) is 1. The Kier molecular flexibility index (Phi) is 6.77. The molecule has 1 N–H and O–H groups in total. The number of anilines is 1. The zero-order valence-corrected chi connectivity index (χ0v) is 18.8. The number of nitrogens with zero attached hydrogens (tertiary/aromatic N) is 3. The summed E-state index contributed by atoms with van der Waals surface area (Å²) in [7, 11) is 0. The van der Waals surface area contributed by atoms with E-state index in [0.29, 0.717) is 35.7 Å². The number of hydrogen-bond acceptors (Lipinski definition) is 4. The third kappa shape index (κ3) is 5.42. The van der Waals surface area contributed by atoms with Crippen LogP contribution >= 0.6 is 0 Å². The average molecular weight is 447 g/mol. The first-order chi connectivity index (χ1) is 15.9. The van der Waals surface area contributed by atoms with E-state index in [2.05, 4.69) is 15.3 Å². The van der Waals surface area contributed by atoms with Gasteiger partial charge in [-0.1, -0.05) is 29.8 Å². The molecule has 1 atom stereocenters. The Balaban J connectivity index is 1.49. The van der Waals surface area contributed by atoms with Gasteiger partial charge < -0.3 is 10.2 Å². The highest BCUT2D eigenvalue weighted by Crippen LogP contribution is 2.30. The molecule has 0 bridgehead atoms. The third-order valence-corrected chi connectivity index (χ3v) is 5.94. The number of hydrogen-bond donors (Lipinski definition) is 1. The molecule has 0 spiro atoms. The maximum atomic E-state index is 13.1. The lowest BCUT2D eigenvalue weighted by Gasteiger charge is -2.35. The van der Waals surface area contributed by atoms with Crippen molar-refractivity contribution in [3.63, 3.8) is 0 Å². The predicted molar refractivity (Wildman–Crippen MR) is 124 cm³/mol. The van der Waals surface area contributed by atoms with Crippen LogP contribution in [-0.2, 0) is 11.2 Å². The summed E-state index contributed by atoms with van der Waals surface area (Å²) in [5.41, 5.74) is 3.52. The number of piperidine rings is 1. The van der Waals surface area contributed by atoms with Crippen molar-refractivity contribution in [3.8, 4) is 0 Å². The summed E-state index contributed by atoms with van der Waals surface area (Å²) in [6.07, 6.45) is 4.59. The van der Waals surface area contributed by atoms with Crippen LogP contribution in [0.15, 0.2) is 54.7 Å². The van der Waals surface area contributed by atoms with Gasteiger partial charge >= 0.3 is 0 Å². The van der Waals surface area contributed by atoms with Gasteiger partial charge in [0.1, 0.15) is 5.82 Å². The number of rotatable bonds is 5. The second-order valence-electron chi connectivity index (χ2n) is 8.45. The molecule has 6 nitrogen and oxygen atoms in total. The summed E-state index contributed by atoms with van der Waals surface area (Å²) in [5, 5.41) is 2.73. The Morgan fingerprint density at radius 3 is 2.48 bits per heavy atom.